The van der Waals surface area contributed by atoms with Crippen molar-refractivity contribution in [3.8, 4) is 0 Å². The van der Waals surface area contributed by atoms with Crippen molar-refractivity contribution in [2.45, 2.75) is 50.0 Å². The zero-order valence-electron chi connectivity index (χ0n) is 12.2. The van der Waals surface area contributed by atoms with Crippen LogP contribution in [0.15, 0.2) is 23.1 Å². The fraction of sp³-hybridized carbons (Fsp3) is 0.500. The van der Waals surface area contributed by atoms with Gasteiger partial charge in [-0.2, -0.15) is 0 Å². The number of aryl methyl sites for hydroxylation is 2. The first-order chi connectivity index (χ1) is 10.1. The third-order valence-electron chi connectivity index (χ3n) is 3.72. The van der Waals surface area contributed by atoms with E-state index < -0.39 is 5.97 Å². The first-order valence-corrected chi connectivity index (χ1v) is 8.32. The number of nitrogens with one attached hydrogen (secondary N) is 1. The van der Waals surface area contributed by atoms with Gasteiger partial charge in [0.1, 0.15) is 0 Å². The Labute approximate surface area is 129 Å². The highest BCUT2D eigenvalue weighted by molar-refractivity contribution is 8.00. The molecule has 0 fully saturated rings. The van der Waals surface area contributed by atoms with E-state index in [1.165, 1.54) is 29.3 Å². The topological polar surface area (TPSA) is 66.4 Å². The molecule has 1 aromatic rings. The van der Waals surface area contributed by atoms with Gasteiger partial charge in [0.2, 0.25) is 5.91 Å². The SMILES string of the molecule is CCC(CC(=O)O)NC(=O)CSc1ccc2c(c1)CCC2. The summed E-state index contributed by atoms with van der Waals surface area (Å²) < 4.78 is 0. The summed E-state index contributed by atoms with van der Waals surface area (Å²) >= 11 is 1.51. The highest BCUT2D eigenvalue weighted by Gasteiger charge is 2.15. The fourth-order valence-electron chi connectivity index (χ4n) is 2.56. The van der Waals surface area contributed by atoms with E-state index in [9.17, 15) is 9.59 Å². The van der Waals surface area contributed by atoms with E-state index in [1.54, 1.807) is 0 Å². The van der Waals surface area contributed by atoms with E-state index in [2.05, 4.69) is 23.5 Å². The minimum atomic E-state index is -0.881. The van der Waals surface area contributed by atoms with Gasteiger partial charge >= 0.3 is 5.97 Å². The summed E-state index contributed by atoms with van der Waals surface area (Å²) in [5, 5.41) is 11.5. The second kappa shape index (κ2) is 7.50. The van der Waals surface area contributed by atoms with Crippen molar-refractivity contribution in [2.75, 3.05) is 5.75 Å². The number of carboxylic acid groups (broad SMARTS) is 1. The average Bonchev–Trinajstić information content (AvgIpc) is 2.91. The number of thioether (sulfide) groups is 1. The third kappa shape index (κ3) is 4.77. The predicted octanol–water partition coefficient (Wildman–Crippen LogP) is 2.64. The van der Waals surface area contributed by atoms with Crippen molar-refractivity contribution in [2.24, 2.45) is 0 Å². The molecule has 1 amide bonds. The molecule has 4 nitrogen and oxygen atoms in total. The van der Waals surface area contributed by atoms with E-state index in [0.29, 0.717) is 12.2 Å². The van der Waals surface area contributed by atoms with Crippen LogP contribution < -0.4 is 5.32 Å². The Bertz CT molecular complexity index is 530. The molecule has 1 aromatic carbocycles. The van der Waals surface area contributed by atoms with Gasteiger partial charge in [-0.3, -0.25) is 9.59 Å². The second-order valence-corrected chi connectivity index (χ2v) is 6.39. The van der Waals surface area contributed by atoms with E-state index in [4.69, 9.17) is 5.11 Å². The standard InChI is InChI=1S/C16H21NO3S/c1-2-13(9-16(19)20)17-15(18)10-21-14-7-6-11-4-3-5-12(11)8-14/h6-8,13H,2-5,9-10H2,1H3,(H,17,18)(H,19,20). The summed E-state index contributed by atoms with van der Waals surface area (Å²) in [7, 11) is 0. The molecule has 0 aromatic heterocycles. The molecular weight excluding hydrogens is 286 g/mol. The van der Waals surface area contributed by atoms with Crippen molar-refractivity contribution in [1.29, 1.82) is 0 Å². The highest BCUT2D eigenvalue weighted by Crippen LogP contribution is 2.27. The third-order valence-corrected chi connectivity index (χ3v) is 4.71. The summed E-state index contributed by atoms with van der Waals surface area (Å²) in [5.41, 5.74) is 2.83. The van der Waals surface area contributed by atoms with E-state index >= 15 is 0 Å². The summed E-state index contributed by atoms with van der Waals surface area (Å²) in [6.45, 7) is 1.88. The van der Waals surface area contributed by atoms with E-state index in [1.807, 2.05) is 6.92 Å². The summed E-state index contributed by atoms with van der Waals surface area (Å²) in [4.78, 5) is 23.7. The molecule has 0 heterocycles. The van der Waals surface area contributed by atoms with E-state index in [0.717, 1.165) is 17.7 Å². The van der Waals surface area contributed by atoms with Crippen molar-refractivity contribution >= 4 is 23.6 Å². The number of hydrogen-bond acceptors (Lipinski definition) is 3. The number of rotatable bonds is 7. The summed E-state index contributed by atoms with van der Waals surface area (Å²) in [6, 6.07) is 6.11. The van der Waals surface area contributed by atoms with Crippen LogP contribution in [0.25, 0.3) is 0 Å². The van der Waals surface area contributed by atoms with Gasteiger partial charge in [-0.05, 0) is 48.9 Å². The molecule has 21 heavy (non-hydrogen) atoms. The van der Waals surface area contributed by atoms with Crippen LogP contribution in [0.4, 0.5) is 0 Å². The van der Waals surface area contributed by atoms with Crippen LogP contribution in [0.5, 0.6) is 0 Å². The molecule has 0 saturated heterocycles. The van der Waals surface area contributed by atoms with Gasteiger partial charge in [-0.1, -0.05) is 13.0 Å². The molecule has 1 unspecified atom stereocenters. The Kier molecular flexibility index (Phi) is 5.67. The average molecular weight is 307 g/mol. The van der Waals surface area contributed by atoms with Gasteiger partial charge in [-0.15, -0.1) is 11.8 Å². The van der Waals surface area contributed by atoms with Crippen LogP contribution in [0.1, 0.15) is 37.3 Å². The van der Waals surface area contributed by atoms with Gasteiger partial charge in [0.25, 0.3) is 0 Å². The lowest BCUT2D eigenvalue weighted by molar-refractivity contribution is -0.137. The molecule has 2 rings (SSSR count). The summed E-state index contributed by atoms with van der Waals surface area (Å²) in [6.07, 6.45) is 4.12. The van der Waals surface area contributed by atoms with Crippen LogP contribution >= 0.6 is 11.8 Å². The van der Waals surface area contributed by atoms with Gasteiger partial charge in [-0.25, -0.2) is 0 Å². The lowest BCUT2D eigenvalue weighted by Crippen LogP contribution is -2.37. The maximum Gasteiger partial charge on any atom is 0.305 e. The van der Waals surface area contributed by atoms with Crippen molar-refractivity contribution in [3.63, 3.8) is 0 Å². The molecule has 2 N–H and O–H groups in total. The molecule has 0 saturated carbocycles. The molecule has 114 valence electrons. The Morgan fingerprint density at radius 3 is 2.81 bits per heavy atom. The maximum atomic E-state index is 11.9. The van der Waals surface area contributed by atoms with Crippen molar-refractivity contribution in [1.82, 2.24) is 5.32 Å². The molecule has 0 aliphatic heterocycles. The lowest BCUT2D eigenvalue weighted by Gasteiger charge is -2.14. The largest absolute Gasteiger partial charge is 0.481 e. The zero-order valence-corrected chi connectivity index (χ0v) is 13.0. The molecule has 0 spiro atoms. The Hall–Kier alpha value is -1.49. The van der Waals surface area contributed by atoms with Crippen LogP contribution in [-0.4, -0.2) is 28.8 Å². The Balaban J connectivity index is 1.82. The van der Waals surface area contributed by atoms with Crippen molar-refractivity contribution < 1.29 is 14.7 Å². The van der Waals surface area contributed by atoms with Crippen LogP contribution in [-0.2, 0) is 22.4 Å². The number of carbonyl (C=O) groups excluding carboxylic acids is 1. The zero-order chi connectivity index (χ0) is 15.2. The Morgan fingerprint density at radius 2 is 2.10 bits per heavy atom. The van der Waals surface area contributed by atoms with Crippen LogP contribution in [0, 0.1) is 0 Å². The number of aliphatic carboxylic acids is 1. The van der Waals surface area contributed by atoms with Crippen molar-refractivity contribution in [3.05, 3.63) is 29.3 Å². The molecule has 1 aliphatic rings. The maximum absolute atomic E-state index is 11.9. The molecule has 5 heteroatoms. The van der Waals surface area contributed by atoms with Crippen LogP contribution in [0.3, 0.4) is 0 Å². The molecule has 0 bridgehead atoms. The fourth-order valence-corrected chi connectivity index (χ4v) is 3.34. The quantitative estimate of drug-likeness (QED) is 0.760. The Morgan fingerprint density at radius 1 is 1.33 bits per heavy atom. The predicted molar refractivity (Wildman–Crippen MR) is 83.7 cm³/mol. The molecule has 0 radical (unpaired) electrons. The first-order valence-electron chi connectivity index (χ1n) is 7.34. The van der Waals surface area contributed by atoms with Gasteiger partial charge in [0, 0.05) is 10.9 Å². The van der Waals surface area contributed by atoms with Gasteiger partial charge in [0.05, 0.1) is 12.2 Å². The number of fused-ring (bicyclic) bond motifs is 1. The second-order valence-electron chi connectivity index (χ2n) is 5.34. The minimum Gasteiger partial charge on any atom is -0.481 e. The molecule has 1 atom stereocenters. The van der Waals surface area contributed by atoms with Gasteiger partial charge < -0.3 is 10.4 Å². The lowest BCUT2D eigenvalue weighted by atomic mass is 10.1. The first kappa shape index (κ1) is 15.9. The smallest absolute Gasteiger partial charge is 0.305 e. The highest BCUT2D eigenvalue weighted by atomic mass is 32.2. The molecular formula is C16H21NO3S. The number of amides is 1. The normalized spacial score (nSPS) is 14.5. The van der Waals surface area contributed by atoms with Gasteiger partial charge in [0.15, 0.2) is 0 Å². The monoisotopic (exact) mass is 307 g/mol. The van der Waals surface area contributed by atoms with Crippen LogP contribution in [0.2, 0.25) is 0 Å². The number of benzene rings is 1. The van der Waals surface area contributed by atoms with E-state index in [-0.39, 0.29) is 18.4 Å². The number of carbonyl (C=O) groups is 2. The molecule has 1 aliphatic carbocycles. The number of carboxylic acids is 1. The minimum absolute atomic E-state index is 0.0221. The number of hydrogen-bond donors (Lipinski definition) is 2. The summed E-state index contributed by atoms with van der Waals surface area (Å²) in [5.74, 6) is -0.656.